The predicted octanol–water partition coefficient (Wildman–Crippen LogP) is 2.27. The van der Waals surface area contributed by atoms with Crippen LogP contribution in [0.3, 0.4) is 0 Å². The Morgan fingerprint density at radius 3 is 2.18 bits per heavy atom. The molecule has 0 unspecified atom stereocenters. The van der Waals surface area contributed by atoms with Crippen molar-refractivity contribution in [3.05, 3.63) is 23.8 Å². The second-order valence-corrected chi connectivity index (χ2v) is 6.80. The summed E-state index contributed by atoms with van der Waals surface area (Å²) in [5, 5.41) is 13.1. The largest absolute Gasteiger partial charge is 0.394 e. The number of nitrogens with one attached hydrogen (secondary N) is 1. The molecule has 126 valence electrons. The quantitative estimate of drug-likeness (QED) is 0.507. The third-order valence-electron chi connectivity index (χ3n) is 4.37. The molecule has 0 aliphatic heterocycles. The van der Waals surface area contributed by atoms with E-state index in [-0.39, 0.29) is 11.2 Å². The van der Waals surface area contributed by atoms with Crippen molar-refractivity contribution in [2.75, 3.05) is 20.1 Å². The van der Waals surface area contributed by atoms with E-state index in [1.165, 1.54) is 0 Å². The number of hydrogen-bond donors (Lipinski definition) is 2. The van der Waals surface area contributed by atoms with E-state index in [0.29, 0.717) is 6.42 Å². The monoisotopic (exact) mass is 308 g/mol. The molecule has 22 heavy (non-hydrogen) atoms. The lowest BCUT2D eigenvalue weighted by Crippen LogP contribution is -2.38. The first kappa shape index (κ1) is 20.8. The maximum absolute atomic E-state index is 12.0. The number of hydrogen-bond acceptors (Lipinski definition) is 3. The summed E-state index contributed by atoms with van der Waals surface area (Å²) < 4.78 is 0. The highest BCUT2D eigenvalue weighted by molar-refractivity contribution is 6.50. The third-order valence-corrected chi connectivity index (χ3v) is 4.37. The molecule has 0 aliphatic rings. The smallest absolute Gasteiger partial charge is 0.226 e. The van der Waals surface area contributed by atoms with E-state index in [9.17, 15) is 9.90 Å². The Morgan fingerprint density at radius 2 is 1.77 bits per heavy atom. The van der Waals surface area contributed by atoms with Gasteiger partial charge in [0, 0.05) is 26.6 Å². The SMILES string of the molecule is CCN(CC)C(=O)C/C=C\C(BC(C)(C)C(C)(C)O)=C/NC. The van der Waals surface area contributed by atoms with Crippen molar-refractivity contribution in [3.8, 4) is 0 Å². The molecular formula is C17H33BN2O2. The van der Waals surface area contributed by atoms with Gasteiger partial charge >= 0.3 is 0 Å². The molecule has 5 heteroatoms. The topological polar surface area (TPSA) is 52.6 Å². The molecule has 0 aromatic carbocycles. The Bertz CT molecular complexity index is 405. The molecule has 0 rings (SSSR count). The molecule has 0 aromatic rings. The maximum atomic E-state index is 12.0. The Hall–Kier alpha value is -1.23. The second kappa shape index (κ2) is 9.04. The lowest BCUT2D eigenvalue weighted by Gasteiger charge is -2.37. The van der Waals surface area contributed by atoms with Gasteiger partial charge in [-0.2, -0.15) is 0 Å². The van der Waals surface area contributed by atoms with Gasteiger partial charge in [0.05, 0.1) is 5.60 Å². The van der Waals surface area contributed by atoms with Gasteiger partial charge in [0.2, 0.25) is 5.91 Å². The molecular weight excluding hydrogens is 275 g/mol. The second-order valence-electron chi connectivity index (χ2n) is 6.80. The van der Waals surface area contributed by atoms with Crippen LogP contribution in [0.15, 0.2) is 23.8 Å². The fraction of sp³-hybridized carbons (Fsp3) is 0.706. The van der Waals surface area contributed by atoms with E-state index in [2.05, 4.69) is 5.32 Å². The lowest BCUT2D eigenvalue weighted by atomic mass is 9.44. The number of carbonyl (C=O) groups excluding carboxylic acids is 1. The first-order valence-electron chi connectivity index (χ1n) is 8.12. The van der Waals surface area contributed by atoms with Gasteiger partial charge in [-0.05, 0) is 39.2 Å². The van der Waals surface area contributed by atoms with Gasteiger partial charge in [-0.25, -0.2) is 0 Å². The van der Waals surface area contributed by atoms with E-state index >= 15 is 0 Å². The molecule has 0 spiro atoms. The van der Waals surface area contributed by atoms with Crippen molar-refractivity contribution in [1.82, 2.24) is 10.2 Å². The van der Waals surface area contributed by atoms with Gasteiger partial charge in [-0.15, -0.1) is 0 Å². The van der Waals surface area contributed by atoms with Crippen molar-refractivity contribution in [1.29, 1.82) is 0 Å². The van der Waals surface area contributed by atoms with Gasteiger partial charge in [0.15, 0.2) is 7.28 Å². The summed E-state index contributed by atoms with van der Waals surface area (Å²) in [4.78, 5) is 13.8. The number of allylic oxidation sites excluding steroid dienone is 2. The molecule has 0 aliphatic carbocycles. The minimum atomic E-state index is -0.773. The van der Waals surface area contributed by atoms with Crippen molar-refractivity contribution >= 4 is 13.2 Å². The van der Waals surface area contributed by atoms with Crippen LogP contribution in [0.4, 0.5) is 0 Å². The Balaban J connectivity index is 4.84. The number of amides is 1. The standard InChI is InChI=1S/C17H33BN2O2/c1-8-20(9-2)15(21)12-10-11-14(13-19-7)18-16(3,4)17(5,6)22/h10-11,13,18-19,22H,8-9,12H2,1-7H3/b11-10-,14-13+. The summed E-state index contributed by atoms with van der Waals surface area (Å²) >= 11 is 0. The average molecular weight is 308 g/mol. The highest BCUT2D eigenvalue weighted by Gasteiger charge is 2.36. The van der Waals surface area contributed by atoms with Crippen LogP contribution in [-0.2, 0) is 4.79 Å². The Labute approximate surface area is 136 Å². The first-order chi connectivity index (χ1) is 10.1. The summed E-state index contributed by atoms with van der Waals surface area (Å²) in [5.41, 5.74) is 0.298. The van der Waals surface area contributed by atoms with Crippen molar-refractivity contribution < 1.29 is 9.90 Å². The summed E-state index contributed by atoms with van der Waals surface area (Å²) in [6.45, 7) is 13.2. The molecule has 0 radical (unpaired) electrons. The normalized spacial score (nSPS) is 13.4. The molecule has 0 bridgehead atoms. The molecule has 4 nitrogen and oxygen atoms in total. The van der Waals surface area contributed by atoms with Crippen LogP contribution in [0.25, 0.3) is 0 Å². The summed E-state index contributed by atoms with van der Waals surface area (Å²) in [6, 6.07) is 0. The number of rotatable bonds is 9. The van der Waals surface area contributed by atoms with Crippen LogP contribution in [0, 0.1) is 0 Å². The van der Waals surface area contributed by atoms with Crippen molar-refractivity contribution in [3.63, 3.8) is 0 Å². The summed E-state index contributed by atoms with van der Waals surface area (Å²) in [7, 11) is 2.58. The fourth-order valence-electron chi connectivity index (χ4n) is 2.09. The minimum Gasteiger partial charge on any atom is -0.394 e. The Kier molecular flexibility index (Phi) is 8.53. The summed E-state index contributed by atoms with van der Waals surface area (Å²) in [5.74, 6) is 0.145. The van der Waals surface area contributed by atoms with Gasteiger partial charge in [-0.3, -0.25) is 4.79 Å². The van der Waals surface area contributed by atoms with E-state index in [0.717, 1.165) is 25.8 Å². The average Bonchev–Trinajstić information content (AvgIpc) is 2.38. The van der Waals surface area contributed by atoms with Crippen LogP contribution in [0.5, 0.6) is 0 Å². The van der Waals surface area contributed by atoms with Crippen LogP contribution in [0.2, 0.25) is 5.31 Å². The number of nitrogens with zero attached hydrogens (tertiary/aromatic N) is 1. The van der Waals surface area contributed by atoms with Crippen LogP contribution in [-0.4, -0.2) is 48.9 Å². The maximum Gasteiger partial charge on any atom is 0.226 e. The summed E-state index contributed by atoms with van der Waals surface area (Å²) in [6.07, 6.45) is 6.22. The first-order valence-corrected chi connectivity index (χ1v) is 8.12. The van der Waals surface area contributed by atoms with E-state index < -0.39 is 5.60 Å². The highest BCUT2D eigenvalue weighted by Crippen LogP contribution is 2.38. The molecule has 1 amide bonds. The molecule has 0 aromatic heterocycles. The molecule has 0 fully saturated rings. The van der Waals surface area contributed by atoms with Crippen LogP contribution >= 0.6 is 0 Å². The molecule has 0 heterocycles. The minimum absolute atomic E-state index is 0.145. The van der Waals surface area contributed by atoms with Crippen LogP contribution in [0.1, 0.15) is 48.0 Å². The Morgan fingerprint density at radius 1 is 1.23 bits per heavy atom. The zero-order chi connectivity index (χ0) is 17.4. The van der Waals surface area contributed by atoms with E-state index in [1.54, 1.807) is 0 Å². The van der Waals surface area contributed by atoms with Crippen molar-refractivity contribution in [2.45, 2.75) is 58.9 Å². The van der Waals surface area contributed by atoms with Gasteiger partial charge in [0.25, 0.3) is 0 Å². The molecule has 0 saturated carbocycles. The number of carbonyl (C=O) groups is 1. The zero-order valence-electron chi connectivity index (χ0n) is 15.4. The molecule has 0 atom stereocenters. The van der Waals surface area contributed by atoms with Gasteiger partial charge in [-0.1, -0.05) is 31.5 Å². The van der Waals surface area contributed by atoms with Gasteiger partial charge in [0.1, 0.15) is 0 Å². The van der Waals surface area contributed by atoms with Crippen molar-refractivity contribution in [2.24, 2.45) is 0 Å². The van der Waals surface area contributed by atoms with E-state index in [1.807, 2.05) is 71.8 Å². The predicted molar refractivity (Wildman–Crippen MR) is 96.3 cm³/mol. The van der Waals surface area contributed by atoms with Crippen LogP contribution < -0.4 is 5.32 Å². The highest BCUT2D eigenvalue weighted by atomic mass is 16.3. The fourth-order valence-corrected chi connectivity index (χ4v) is 2.09. The zero-order valence-corrected chi connectivity index (χ0v) is 15.4. The van der Waals surface area contributed by atoms with E-state index in [4.69, 9.17) is 0 Å². The lowest BCUT2D eigenvalue weighted by molar-refractivity contribution is -0.129. The van der Waals surface area contributed by atoms with Gasteiger partial charge < -0.3 is 15.3 Å². The number of aliphatic hydroxyl groups is 1. The molecule has 2 N–H and O–H groups in total. The third kappa shape index (κ3) is 6.69. The molecule has 0 saturated heterocycles.